The largest absolute Gasteiger partial charge is 0.399 e. The molecule has 0 spiro atoms. The van der Waals surface area contributed by atoms with Crippen molar-refractivity contribution in [3.8, 4) is 0 Å². The number of rotatable bonds is 2. The Morgan fingerprint density at radius 2 is 1.81 bits per heavy atom. The highest BCUT2D eigenvalue weighted by molar-refractivity contribution is 6.34. The summed E-state index contributed by atoms with van der Waals surface area (Å²) >= 11 is 6.76. The predicted molar refractivity (Wildman–Crippen MR) is 129 cm³/mol. The van der Waals surface area contributed by atoms with Gasteiger partial charge in [-0.2, -0.15) is 0 Å². The van der Waals surface area contributed by atoms with Crippen LogP contribution in [0.15, 0.2) is 30.3 Å². The van der Waals surface area contributed by atoms with E-state index in [1.54, 1.807) is 0 Å². The first kappa shape index (κ1) is 20.4. The Balaban J connectivity index is 1.60. The van der Waals surface area contributed by atoms with Crippen LogP contribution in [0.4, 0.5) is 11.4 Å². The molecule has 0 unspecified atom stereocenters. The molecule has 1 aliphatic carbocycles. The normalized spacial score (nSPS) is 18.5. The van der Waals surface area contributed by atoms with E-state index in [4.69, 9.17) is 17.3 Å². The van der Waals surface area contributed by atoms with Crippen LogP contribution < -0.4 is 10.6 Å². The van der Waals surface area contributed by atoms with Gasteiger partial charge in [0.2, 0.25) is 0 Å². The van der Waals surface area contributed by atoms with E-state index >= 15 is 0 Å². The second-order valence-electron chi connectivity index (χ2n) is 9.60. The van der Waals surface area contributed by atoms with Crippen LogP contribution in [0, 0.1) is 0 Å². The number of benzene rings is 2. The Kier molecular flexibility index (Phi) is 4.61. The van der Waals surface area contributed by atoms with E-state index in [-0.39, 0.29) is 11.2 Å². The molecule has 5 nitrogen and oxygen atoms in total. The summed E-state index contributed by atoms with van der Waals surface area (Å²) in [6.45, 7) is 12.7. The van der Waals surface area contributed by atoms with Crippen molar-refractivity contribution in [1.82, 2.24) is 9.88 Å². The van der Waals surface area contributed by atoms with Gasteiger partial charge in [-0.15, -0.1) is 0 Å². The minimum absolute atomic E-state index is 0.0263. The maximum atomic E-state index is 13.6. The lowest BCUT2D eigenvalue weighted by molar-refractivity contribution is 0.103. The van der Waals surface area contributed by atoms with Crippen molar-refractivity contribution in [2.24, 2.45) is 0 Å². The maximum Gasteiger partial charge on any atom is 0.195 e. The zero-order chi connectivity index (χ0) is 22.1. The van der Waals surface area contributed by atoms with Crippen molar-refractivity contribution < 1.29 is 4.79 Å². The van der Waals surface area contributed by atoms with Crippen LogP contribution in [0.3, 0.4) is 0 Å². The molecule has 162 valence electrons. The smallest absolute Gasteiger partial charge is 0.195 e. The van der Waals surface area contributed by atoms with Crippen LogP contribution in [0.2, 0.25) is 5.02 Å². The molecule has 1 saturated heterocycles. The number of hydrogen-bond donors (Lipinski definition) is 2. The van der Waals surface area contributed by atoms with E-state index in [1.165, 1.54) is 0 Å². The number of H-pyrrole nitrogens is 1. The third-order valence-electron chi connectivity index (χ3n) is 7.06. The number of piperazine rings is 1. The lowest BCUT2D eigenvalue weighted by atomic mass is 9.71. The van der Waals surface area contributed by atoms with Gasteiger partial charge >= 0.3 is 0 Å². The van der Waals surface area contributed by atoms with Gasteiger partial charge in [0.1, 0.15) is 0 Å². The van der Waals surface area contributed by atoms with Crippen molar-refractivity contribution in [3.63, 3.8) is 0 Å². The van der Waals surface area contributed by atoms with Crippen LogP contribution in [0.5, 0.6) is 0 Å². The van der Waals surface area contributed by atoms with Crippen LogP contribution in [0.25, 0.3) is 10.9 Å². The molecule has 0 saturated carbocycles. The van der Waals surface area contributed by atoms with E-state index in [9.17, 15) is 4.79 Å². The quantitative estimate of drug-likeness (QED) is 0.566. The fourth-order valence-electron chi connectivity index (χ4n) is 5.18. The molecular formula is C25H29ClN4O. The first-order valence-electron chi connectivity index (χ1n) is 11.0. The highest BCUT2D eigenvalue weighted by atomic mass is 35.5. The van der Waals surface area contributed by atoms with Crippen molar-refractivity contribution >= 4 is 39.7 Å². The number of ketones is 1. The molecule has 2 aromatic carbocycles. The van der Waals surface area contributed by atoms with E-state index < -0.39 is 0 Å². The van der Waals surface area contributed by atoms with Crippen molar-refractivity contribution in [2.45, 2.75) is 39.2 Å². The Morgan fingerprint density at radius 1 is 1.10 bits per heavy atom. The van der Waals surface area contributed by atoms with E-state index in [2.05, 4.69) is 48.5 Å². The fraction of sp³-hybridized carbons (Fsp3) is 0.400. The Hall–Kier alpha value is -2.50. The second-order valence-corrected chi connectivity index (χ2v) is 10.0. The number of aromatic nitrogens is 1. The lowest BCUT2D eigenvalue weighted by Crippen LogP contribution is -2.49. The molecule has 3 aromatic rings. The molecule has 0 atom stereocenters. The van der Waals surface area contributed by atoms with E-state index in [1.807, 2.05) is 24.3 Å². The topological polar surface area (TPSA) is 65.4 Å². The minimum Gasteiger partial charge on any atom is -0.399 e. The monoisotopic (exact) mass is 436 g/mol. The van der Waals surface area contributed by atoms with Crippen molar-refractivity contribution in [2.75, 3.05) is 36.8 Å². The lowest BCUT2D eigenvalue weighted by Gasteiger charge is -2.39. The average molecular weight is 437 g/mol. The number of halogens is 1. The van der Waals surface area contributed by atoms with Crippen LogP contribution >= 0.6 is 11.6 Å². The number of nitrogen functional groups attached to an aromatic ring is 1. The van der Waals surface area contributed by atoms with Crippen LogP contribution in [-0.2, 0) is 5.41 Å². The van der Waals surface area contributed by atoms with E-state index in [0.717, 1.165) is 59.6 Å². The number of aromatic amines is 1. The average Bonchev–Trinajstić information content (AvgIpc) is 3.12. The Bertz CT molecular complexity index is 1200. The summed E-state index contributed by atoms with van der Waals surface area (Å²) in [7, 11) is 0. The second kappa shape index (κ2) is 7.01. The first-order chi connectivity index (χ1) is 14.7. The molecule has 2 heterocycles. The minimum atomic E-state index is -0.356. The van der Waals surface area contributed by atoms with Crippen molar-refractivity contribution in [3.05, 3.63) is 57.7 Å². The van der Waals surface area contributed by atoms with Gasteiger partial charge in [-0.1, -0.05) is 31.5 Å². The molecule has 0 amide bonds. The fourth-order valence-corrected chi connectivity index (χ4v) is 5.46. The number of nitrogens with one attached hydrogen (secondary N) is 1. The molecule has 5 rings (SSSR count). The van der Waals surface area contributed by atoms with Crippen LogP contribution in [0.1, 0.15) is 54.9 Å². The number of anilines is 2. The maximum absolute atomic E-state index is 13.6. The molecule has 1 aromatic heterocycles. The SMILES string of the molecule is CC(C)N1CCN(c2cc3c(cc2Cl)C(=O)c2c([nH]c4cc(N)ccc24)C3(C)C)CC1. The van der Waals surface area contributed by atoms with E-state index in [0.29, 0.717) is 22.3 Å². The summed E-state index contributed by atoms with van der Waals surface area (Å²) in [6.07, 6.45) is 0. The van der Waals surface area contributed by atoms with Gasteiger partial charge in [0.05, 0.1) is 16.3 Å². The molecule has 1 aliphatic heterocycles. The standard InChI is InChI=1S/C25H29ClN4O/c1-14(2)29-7-9-30(10-8-29)21-13-18-17(12-19(21)26)23(31)22-16-6-5-15(27)11-20(16)28-24(22)25(18,3)4/h5-6,11-14,28H,7-10,27H2,1-4H3. The molecular weight excluding hydrogens is 408 g/mol. The Labute approximate surface area is 188 Å². The number of hydrogen-bond acceptors (Lipinski definition) is 4. The summed E-state index contributed by atoms with van der Waals surface area (Å²) in [4.78, 5) is 21.9. The summed E-state index contributed by atoms with van der Waals surface area (Å²) in [5.74, 6) is 0.0263. The van der Waals surface area contributed by atoms with Gasteiger partial charge in [-0.25, -0.2) is 0 Å². The Morgan fingerprint density at radius 3 is 2.48 bits per heavy atom. The molecule has 2 aliphatic rings. The van der Waals surface area contributed by atoms with Gasteiger partial charge in [0.25, 0.3) is 0 Å². The number of nitrogens with two attached hydrogens (primary N) is 1. The van der Waals surface area contributed by atoms with Crippen LogP contribution in [-0.4, -0.2) is 47.9 Å². The first-order valence-corrected chi connectivity index (χ1v) is 11.4. The summed E-state index contributed by atoms with van der Waals surface area (Å²) in [5, 5.41) is 1.56. The van der Waals surface area contributed by atoms with Crippen molar-refractivity contribution in [1.29, 1.82) is 0 Å². The zero-order valence-electron chi connectivity index (χ0n) is 18.6. The third kappa shape index (κ3) is 3.06. The van der Waals surface area contributed by atoms with Gasteiger partial charge < -0.3 is 15.6 Å². The molecule has 3 N–H and O–H groups in total. The number of nitrogens with zero attached hydrogens (tertiary/aromatic N) is 2. The predicted octanol–water partition coefficient (Wildman–Crippen LogP) is 4.80. The summed E-state index contributed by atoms with van der Waals surface area (Å²) < 4.78 is 0. The van der Waals surface area contributed by atoms with Gasteiger partial charge in [0.15, 0.2) is 5.78 Å². The number of carbonyl (C=O) groups is 1. The molecule has 1 fully saturated rings. The highest BCUT2D eigenvalue weighted by Crippen LogP contribution is 2.46. The number of carbonyl (C=O) groups excluding carboxylic acids is 1. The molecule has 6 heteroatoms. The summed E-state index contributed by atoms with van der Waals surface area (Å²) in [6, 6.07) is 10.2. The molecule has 31 heavy (non-hydrogen) atoms. The van der Waals surface area contributed by atoms with Gasteiger partial charge in [-0.3, -0.25) is 9.69 Å². The molecule has 0 radical (unpaired) electrons. The van der Waals surface area contributed by atoms with Gasteiger partial charge in [-0.05, 0) is 43.7 Å². The van der Waals surface area contributed by atoms with Gasteiger partial charge in [0, 0.05) is 65.5 Å². The molecule has 0 bridgehead atoms. The number of fused-ring (bicyclic) bond motifs is 4. The summed E-state index contributed by atoms with van der Waals surface area (Å²) in [5.41, 5.74) is 11.6. The third-order valence-corrected chi connectivity index (χ3v) is 7.37. The zero-order valence-corrected chi connectivity index (χ0v) is 19.3. The highest BCUT2D eigenvalue weighted by Gasteiger charge is 2.40.